The summed E-state index contributed by atoms with van der Waals surface area (Å²) in [5.74, 6) is 0.0995. The van der Waals surface area contributed by atoms with Crippen molar-refractivity contribution in [3.8, 4) is 0 Å². The van der Waals surface area contributed by atoms with Crippen LogP contribution in [0.4, 0.5) is 0 Å². The van der Waals surface area contributed by atoms with Gasteiger partial charge >= 0.3 is 0 Å². The number of hydrogen-bond acceptors (Lipinski definition) is 6. The molecule has 2 aliphatic rings. The molecule has 3 aromatic rings. The smallest absolute Gasteiger partial charge is 0.264 e. The molecule has 0 bridgehead atoms. The Balaban J connectivity index is 1.45. The van der Waals surface area contributed by atoms with E-state index in [2.05, 4.69) is 28.1 Å². The molecule has 1 atom stereocenters. The second-order valence-corrected chi connectivity index (χ2v) is 8.75. The average Bonchev–Trinajstić information content (AvgIpc) is 3.20. The molecular formula is C23H25N3O3S. The highest BCUT2D eigenvalue weighted by atomic mass is 32.1. The molecule has 4 heterocycles. The van der Waals surface area contributed by atoms with Gasteiger partial charge in [-0.2, -0.15) is 0 Å². The highest BCUT2D eigenvalue weighted by Gasteiger charge is 2.31. The van der Waals surface area contributed by atoms with Gasteiger partial charge in [0.05, 0.1) is 30.8 Å². The van der Waals surface area contributed by atoms with Gasteiger partial charge in [0, 0.05) is 55.4 Å². The average molecular weight is 424 g/mol. The molecule has 1 unspecified atom stereocenters. The number of thiophene rings is 1. The summed E-state index contributed by atoms with van der Waals surface area (Å²) in [6.07, 6.45) is 3.59. The van der Waals surface area contributed by atoms with Crippen molar-refractivity contribution in [1.29, 1.82) is 0 Å². The van der Waals surface area contributed by atoms with Crippen LogP contribution in [0.5, 0.6) is 0 Å². The number of benzene rings is 1. The molecular weight excluding hydrogens is 398 g/mol. The summed E-state index contributed by atoms with van der Waals surface area (Å²) in [6, 6.07) is 12.3. The summed E-state index contributed by atoms with van der Waals surface area (Å²) in [4.78, 5) is 22.8. The van der Waals surface area contributed by atoms with Crippen LogP contribution >= 0.6 is 11.3 Å². The molecule has 5 rings (SSSR count). The van der Waals surface area contributed by atoms with Gasteiger partial charge in [-0.05, 0) is 23.1 Å². The van der Waals surface area contributed by atoms with Crippen LogP contribution in [0.15, 0.2) is 48.8 Å². The summed E-state index contributed by atoms with van der Waals surface area (Å²) < 4.78 is 12.8. The number of rotatable bonds is 4. The zero-order chi connectivity index (χ0) is 20.3. The van der Waals surface area contributed by atoms with Crippen LogP contribution < -0.4 is 0 Å². The maximum atomic E-state index is 13.4. The van der Waals surface area contributed by atoms with E-state index in [1.54, 1.807) is 17.5 Å². The summed E-state index contributed by atoms with van der Waals surface area (Å²) >= 11 is 1.58. The fraction of sp³-hybridized carbons (Fsp3) is 0.391. The number of morpholine rings is 2. The monoisotopic (exact) mass is 423 g/mol. The Bertz CT molecular complexity index is 1020. The van der Waals surface area contributed by atoms with E-state index in [1.807, 2.05) is 29.3 Å². The Hall–Kier alpha value is -2.32. The highest BCUT2D eigenvalue weighted by Crippen LogP contribution is 2.39. The topological polar surface area (TPSA) is 54.9 Å². The molecule has 2 fully saturated rings. The summed E-state index contributed by atoms with van der Waals surface area (Å²) in [6.45, 7) is 5.62. The SMILES string of the molecule is O=C(c1sc2ccccc2c1C1CN(Cc2cccnc2)CCO1)N1CCOCC1. The van der Waals surface area contributed by atoms with Crippen molar-refractivity contribution in [3.05, 3.63) is 64.8 Å². The first-order valence-corrected chi connectivity index (χ1v) is 11.2. The van der Waals surface area contributed by atoms with Gasteiger partial charge < -0.3 is 14.4 Å². The van der Waals surface area contributed by atoms with E-state index in [9.17, 15) is 4.79 Å². The van der Waals surface area contributed by atoms with Crippen LogP contribution in [0.25, 0.3) is 10.1 Å². The van der Waals surface area contributed by atoms with E-state index in [0.717, 1.165) is 40.2 Å². The number of pyridine rings is 1. The Kier molecular flexibility index (Phi) is 5.77. The van der Waals surface area contributed by atoms with Gasteiger partial charge in [-0.3, -0.25) is 14.7 Å². The second kappa shape index (κ2) is 8.81. The molecule has 1 amide bonds. The van der Waals surface area contributed by atoms with E-state index in [-0.39, 0.29) is 12.0 Å². The Morgan fingerprint density at radius 2 is 1.97 bits per heavy atom. The van der Waals surface area contributed by atoms with Crippen molar-refractivity contribution >= 4 is 27.3 Å². The maximum absolute atomic E-state index is 13.4. The van der Waals surface area contributed by atoms with E-state index >= 15 is 0 Å². The third kappa shape index (κ3) is 3.98. The van der Waals surface area contributed by atoms with E-state index in [0.29, 0.717) is 32.9 Å². The lowest BCUT2D eigenvalue weighted by atomic mass is 10.0. The van der Waals surface area contributed by atoms with Crippen LogP contribution in [0.2, 0.25) is 0 Å². The fourth-order valence-corrected chi connectivity index (χ4v) is 5.45. The number of hydrogen-bond donors (Lipinski definition) is 0. The van der Waals surface area contributed by atoms with Crippen LogP contribution in [-0.2, 0) is 16.0 Å². The molecule has 2 aliphatic heterocycles. The summed E-state index contributed by atoms with van der Waals surface area (Å²) in [5, 5.41) is 1.13. The van der Waals surface area contributed by atoms with Crippen molar-refractivity contribution in [2.45, 2.75) is 12.6 Å². The Morgan fingerprint density at radius 3 is 2.80 bits per heavy atom. The number of nitrogens with zero attached hydrogens (tertiary/aromatic N) is 3. The lowest BCUT2D eigenvalue weighted by molar-refractivity contribution is -0.0325. The standard InChI is InChI=1S/C23H25N3O3S/c27-23(26-9-11-28-12-10-26)22-21(18-5-1-2-6-20(18)30-22)19-16-25(8-13-29-19)15-17-4-3-7-24-14-17/h1-7,14,19H,8-13,15-16H2. The van der Waals surface area contributed by atoms with Gasteiger partial charge in [0.2, 0.25) is 0 Å². The summed E-state index contributed by atoms with van der Waals surface area (Å²) in [7, 11) is 0. The first-order chi connectivity index (χ1) is 14.8. The van der Waals surface area contributed by atoms with Crippen molar-refractivity contribution in [2.24, 2.45) is 0 Å². The first-order valence-electron chi connectivity index (χ1n) is 10.4. The minimum atomic E-state index is -0.119. The first kappa shape index (κ1) is 19.6. The van der Waals surface area contributed by atoms with Crippen LogP contribution in [0, 0.1) is 0 Å². The maximum Gasteiger partial charge on any atom is 0.264 e. The van der Waals surface area contributed by atoms with Gasteiger partial charge in [0.1, 0.15) is 0 Å². The van der Waals surface area contributed by atoms with Gasteiger partial charge in [-0.15, -0.1) is 11.3 Å². The lowest BCUT2D eigenvalue weighted by Crippen LogP contribution is -2.41. The van der Waals surface area contributed by atoms with Crippen LogP contribution in [-0.4, -0.2) is 66.7 Å². The molecule has 1 aromatic carbocycles. The third-order valence-electron chi connectivity index (χ3n) is 5.73. The zero-order valence-corrected chi connectivity index (χ0v) is 17.6. The lowest BCUT2D eigenvalue weighted by Gasteiger charge is -2.34. The molecule has 0 N–H and O–H groups in total. The van der Waals surface area contributed by atoms with Crippen molar-refractivity contribution in [3.63, 3.8) is 0 Å². The van der Waals surface area contributed by atoms with Crippen LogP contribution in [0.1, 0.15) is 26.9 Å². The largest absolute Gasteiger partial charge is 0.378 e. The predicted octanol–water partition coefficient (Wildman–Crippen LogP) is 3.34. The molecule has 0 saturated carbocycles. The number of aromatic nitrogens is 1. The van der Waals surface area contributed by atoms with Crippen molar-refractivity contribution < 1.29 is 14.3 Å². The van der Waals surface area contributed by atoms with Gasteiger partial charge in [-0.1, -0.05) is 24.3 Å². The third-order valence-corrected chi connectivity index (χ3v) is 6.90. The molecule has 0 spiro atoms. The molecule has 2 aromatic heterocycles. The Morgan fingerprint density at radius 1 is 1.10 bits per heavy atom. The Labute approximate surface area is 180 Å². The summed E-state index contributed by atoms with van der Waals surface area (Å²) in [5.41, 5.74) is 2.24. The number of fused-ring (bicyclic) bond motifs is 1. The molecule has 30 heavy (non-hydrogen) atoms. The quantitative estimate of drug-likeness (QED) is 0.644. The van der Waals surface area contributed by atoms with Crippen molar-refractivity contribution in [1.82, 2.24) is 14.8 Å². The molecule has 156 valence electrons. The zero-order valence-electron chi connectivity index (χ0n) is 16.8. The molecule has 2 saturated heterocycles. The van der Waals surface area contributed by atoms with Crippen molar-refractivity contribution in [2.75, 3.05) is 46.0 Å². The minimum absolute atomic E-state index is 0.0995. The normalized spacial score (nSPS) is 20.5. The molecule has 0 radical (unpaired) electrons. The second-order valence-electron chi connectivity index (χ2n) is 7.70. The fourth-order valence-electron chi connectivity index (χ4n) is 4.22. The number of carbonyl (C=O) groups excluding carboxylic acids is 1. The van der Waals surface area contributed by atoms with E-state index in [4.69, 9.17) is 9.47 Å². The van der Waals surface area contributed by atoms with E-state index < -0.39 is 0 Å². The van der Waals surface area contributed by atoms with E-state index in [1.165, 1.54) is 5.56 Å². The number of ether oxygens (including phenoxy) is 2. The molecule has 7 heteroatoms. The number of carbonyl (C=O) groups is 1. The van der Waals surface area contributed by atoms with Gasteiger partial charge in [-0.25, -0.2) is 0 Å². The number of amides is 1. The molecule has 0 aliphatic carbocycles. The molecule has 6 nitrogen and oxygen atoms in total. The minimum Gasteiger partial charge on any atom is -0.378 e. The highest BCUT2D eigenvalue weighted by molar-refractivity contribution is 7.21. The van der Waals surface area contributed by atoms with Crippen LogP contribution in [0.3, 0.4) is 0 Å². The predicted molar refractivity (Wildman–Crippen MR) is 117 cm³/mol. The van der Waals surface area contributed by atoms with Gasteiger partial charge in [0.25, 0.3) is 5.91 Å². The van der Waals surface area contributed by atoms with Gasteiger partial charge in [0.15, 0.2) is 0 Å².